The summed E-state index contributed by atoms with van der Waals surface area (Å²) < 4.78 is 6.42. The molecule has 0 unspecified atom stereocenters. The lowest BCUT2D eigenvalue weighted by Gasteiger charge is -2.28. The van der Waals surface area contributed by atoms with Crippen molar-refractivity contribution in [1.29, 1.82) is 0 Å². The minimum Gasteiger partial charge on any atom is -0.379 e. The van der Waals surface area contributed by atoms with Crippen LogP contribution in [0.2, 0.25) is 0 Å². The van der Waals surface area contributed by atoms with Gasteiger partial charge in [-0.25, -0.2) is 4.98 Å². The van der Waals surface area contributed by atoms with Gasteiger partial charge in [-0.3, -0.25) is 29.1 Å². The molecule has 5 rings (SSSR count). The predicted octanol–water partition coefficient (Wildman–Crippen LogP) is 2.96. The number of para-hydroxylation sites is 1. The number of carbonyl (C=O) groups is 3. The number of hydrogen-bond donors (Lipinski definition) is 0. The second-order valence-corrected chi connectivity index (χ2v) is 9.52. The Morgan fingerprint density at radius 1 is 1.06 bits per heavy atom. The van der Waals surface area contributed by atoms with Crippen LogP contribution >= 0.6 is 11.3 Å². The predicted molar refractivity (Wildman–Crippen MR) is 130 cm³/mol. The van der Waals surface area contributed by atoms with Crippen LogP contribution in [0.4, 0.5) is 5.13 Å². The molecule has 0 atom stereocenters. The van der Waals surface area contributed by atoms with Crippen LogP contribution < -0.4 is 4.90 Å². The number of benzene rings is 2. The minimum absolute atomic E-state index is 0.307. The molecule has 2 aliphatic heterocycles. The van der Waals surface area contributed by atoms with Gasteiger partial charge in [0.2, 0.25) is 5.91 Å². The third-order valence-corrected chi connectivity index (χ3v) is 7.32. The fourth-order valence-electron chi connectivity index (χ4n) is 4.40. The second kappa shape index (κ2) is 9.61. The third kappa shape index (κ3) is 4.34. The van der Waals surface area contributed by atoms with Crippen LogP contribution in [0.3, 0.4) is 0 Å². The number of aryl methyl sites for hydroxylation is 1. The number of anilines is 1. The van der Waals surface area contributed by atoms with E-state index < -0.39 is 11.8 Å². The molecule has 0 spiro atoms. The number of thiazole rings is 1. The highest BCUT2D eigenvalue weighted by atomic mass is 32.1. The summed E-state index contributed by atoms with van der Waals surface area (Å²) in [4.78, 5) is 48.9. The minimum atomic E-state index is -0.428. The fraction of sp³-hybridized carbons (Fsp3) is 0.360. The normalized spacial score (nSPS) is 16.3. The molecule has 2 aromatic carbocycles. The van der Waals surface area contributed by atoms with Gasteiger partial charge in [0.05, 0.1) is 34.6 Å². The summed E-state index contributed by atoms with van der Waals surface area (Å²) >= 11 is 1.45. The van der Waals surface area contributed by atoms with Gasteiger partial charge < -0.3 is 4.74 Å². The van der Waals surface area contributed by atoms with Crippen LogP contribution in [-0.2, 0) is 9.53 Å². The summed E-state index contributed by atoms with van der Waals surface area (Å²) in [5.41, 5.74) is 2.60. The van der Waals surface area contributed by atoms with E-state index in [1.165, 1.54) is 11.3 Å². The van der Waals surface area contributed by atoms with Crippen LogP contribution in [0.15, 0.2) is 42.5 Å². The summed E-state index contributed by atoms with van der Waals surface area (Å²) in [6.45, 7) is 6.18. The van der Waals surface area contributed by atoms with Crippen molar-refractivity contribution in [3.8, 4) is 0 Å². The van der Waals surface area contributed by atoms with Gasteiger partial charge in [0.25, 0.3) is 11.8 Å². The number of carbonyl (C=O) groups excluding carboxylic acids is 3. The van der Waals surface area contributed by atoms with Gasteiger partial charge in [-0.05, 0) is 37.1 Å². The van der Waals surface area contributed by atoms with E-state index >= 15 is 0 Å². The van der Waals surface area contributed by atoms with E-state index in [2.05, 4.69) is 4.90 Å². The molecule has 1 fully saturated rings. The molecule has 0 radical (unpaired) electrons. The Labute approximate surface area is 201 Å². The average Bonchev–Trinajstić information content (AvgIpc) is 3.39. The molecule has 1 saturated heterocycles. The zero-order valence-corrected chi connectivity index (χ0v) is 19.8. The number of hydrogen-bond acceptors (Lipinski definition) is 7. The first kappa shape index (κ1) is 22.6. The van der Waals surface area contributed by atoms with Gasteiger partial charge in [0.15, 0.2) is 5.13 Å². The zero-order chi connectivity index (χ0) is 23.7. The maximum atomic E-state index is 13.5. The highest BCUT2D eigenvalue weighted by Gasteiger charge is 2.37. The molecule has 34 heavy (non-hydrogen) atoms. The van der Waals surface area contributed by atoms with Crippen molar-refractivity contribution >= 4 is 44.4 Å². The molecule has 1 aromatic heterocycles. The number of nitrogens with zero attached hydrogens (tertiary/aromatic N) is 4. The maximum absolute atomic E-state index is 13.5. The first-order chi connectivity index (χ1) is 16.5. The summed E-state index contributed by atoms with van der Waals surface area (Å²) in [6.07, 6.45) is 0.753. The standard InChI is InChI=1S/C25H26N4O4S/c1-17-6-4-9-20-22(17)26-25(34-20)28(11-5-10-27-12-14-33-15-13-27)21(30)16-29-23(31)18-7-2-3-8-19(18)24(29)32/h2-4,6-9H,5,10-16H2,1H3. The van der Waals surface area contributed by atoms with Gasteiger partial charge in [0, 0.05) is 26.2 Å². The van der Waals surface area contributed by atoms with Crippen LogP contribution in [0.25, 0.3) is 10.2 Å². The van der Waals surface area contributed by atoms with Crippen LogP contribution in [0.5, 0.6) is 0 Å². The van der Waals surface area contributed by atoms with Crippen molar-refractivity contribution in [2.75, 3.05) is 50.8 Å². The highest BCUT2D eigenvalue weighted by molar-refractivity contribution is 7.22. The van der Waals surface area contributed by atoms with Gasteiger partial charge >= 0.3 is 0 Å². The van der Waals surface area contributed by atoms with Crippen LogP contribution in [-0.4, -0.2) is 78.4 Å². The lowest BCUT2D eigenvalue weighted by Crippen LogP contribution is -2.44. The van der Waals surface area contributed by atoms with E-state index in [1.807, 2.05) is 25.1 Å². The lowest BCUT2D eigenvalue weighted by atomic mass is 10.1. The highest BCUT2D eigenvalue weighted by Crippen LogP contribution is 2.31. The summed E-state index contributed by atoms with van der Waals surface area (Å²) in [7, 11) is 0. The smallest absolute Gasteiger partial charge is 0.262 e. The van der Waals surface area contributed by atoms with Gasteiger partial charge in [-0.1, -0.05) is 35.6 Å². The molecule has 0 N–H and O–H groups in total. The number of rotatable bonds is 7. The third-order valence-electron chi connectivity index (χ3n) is 6.27. The Morgan fingerprint density at radius 3 is 2.44 bits per heavy atom. The van der Waals surface area contributed by atoms with Crippen molar-refractivity contribution in [1.82, 2.24) is 14.8 Å². The van der Waals surface area contributed by atoms with E-state index in [9.17, 15) is 14.4 Å². The van der Waals surface area contributed by atoms with Crippen molar-refractivity contribution in [2.24, 2.45) is 0 Å². The maximum Gasteiger partial charge on any atom is 0.262 e. The monoisotopic (exact) mass is 478 g/mol. The van der Waals surface area contributed by atoms with Crippen molar-refractivity contribution < 1.29 is 19.1 Å². The molecule has 3 amide bonds. The molecule has 176 valence electrons. The van der Waals surface area contributed by atoms with Gasteiger partial charge in [-0.15, -0.1) is 0 Å². The second-order valence-electron chi connectivity index (χ2n) is 8.51. The molecule has 9 heteroatoms. The first-order valence-corrected chi connectivity index (χ1v) is 12.3. The van der Waals surface area contributed by atoms with Gasteiger partial charge in [0.1, 0.15) is 6.54 Å². The summed E-state index contributed by atoms with van der Waals surface area (Å²) in [5.74, 6) is -1.17. The number of aromatic nitrogens is 1. The molecule has 0 aliphatic carbocycles. The number of morpholine rings is 1. The Balaban J connectivity index is 1.37. The number of imide groups is 1. The fourth-order valence-corrected chi connectivity index (χ4v) is 5.48. The Hall–Kier alpha value is -3.14. The Bertz CT molecular complexity index is 1220. The average molecular weight is 479 g/mol. The van der Waals surface area contributed by atoms with E-state index in [0.29, 0.717) is 22.8 Å². The number of fused-ring (bicyclic) bond motifs is 2. The van der Waals surface area contributed by atoms with Crippen LogP contribution in [0, 0.1) is 6.92 Å². The van der Waals surface area contributed by atoms with Crippen molar-refractivity contribution in [3.05, 3.63) is 59.2 Å². The molecule has 2 aliphatic rings. The zero-order valence-electron chi connectivity index (χ0n) is 19.0. The van der Waals surface area contributed by atoms with Crippen molar-refractivity contribution in [3.63, 3.8) is 0 Å². The Morgan fingerprint density at radius 2 is 1.76 bits per heavy atom. The largest absolute Gasteiger partial charge is 0.379 e. The molecule has 3 heterocycles. The van der Waals surface area contributed by atoms with E-state index in [0.717, 1.165) is 59.9 Å². The molecule has 8 nitrogen and oxygen atoms in total. The molecular formula is C25H26N4O4S. The first-order valence-electron chi connectivity index (χ1n) is 11.4. The molecule has 3 aromatic rings. The quantitative estimate of drug-likeness (QED) is 0.486. The molecular weight excluding hydrogens is 452 g/mol. The van der Waals surface area contributed by atoms with Crippen molar-refractivity contribution in [2.45, 2.75) is 13.3 Å². The Kier molecular flexibility index (Phi) is 6.40. The summed E-state index contributed by atoms with van der Waals surface area (Å²) in [6, 6.07) is 12.6. The topological polar surface area (TPSA) is 83.0 Å². The summed E-state index contributed by atoms with van der Waals surface area (Å²) in [5, 5.41) is 0.591. The SMILES string of the molecule is Cc1cccc2sc(N(CCCN3CCOCC3)C(=O)CN3C(=O)c4ccccc4C3=O)nc12. The lowest BCUT2D eigenvalue weighted by molar-refractivity contribution is -0.119. The molecule has 0 saturated carbocycles. The van der Waals surface area contributed by atoms with Gasteiger partial charge in [-0.2, -0.15) is 0 Å². The van der Waals surface area contributed by atoms with E-state index in [4.69, 9.17) is 9.72 Å². The molecule has 0 bridgehead atoms. The number of ether oxygens (including phenoxy) is 1. The van der Waals surface area contributed by atoms with E-state index in [1.54, 1.807) is 29.2 Å². The number of amides is 3. The van der Waals surface area contributed by atoms with E-state index in [-0.39, 0.29) is 12.5 Å². The van der Waals surface area contributed by atoms with Crippen LogP contribution in [0.1, 0.15) is 32.7 Å².